The van der Waals surface area contributed by atoms with Crippen molar-refractivity contribution < 1.29 is 93.0 Å². The molecule has 2 aliphatic heterocycles. The van der Waals surface area contributed by atoms with Gasteiger partial charge in [0.25, 0.3) is 11.7 Å². The van der Waals surface area contributed by atoms with Crippen molar-refractivity contribution in [2.24, 2.45) is 5.92 Å². The van der Waals surface area contributed by atoms with Crippen LogP contribution in [0.5, 0.6) is 23.3 Å². The fourth-order valence-corrected chi connectivity index (χ4v) is 11.6. The lowest BCUT2D eigenvalue weighted by Gasteiger charge is -2.28. The van der Waals surface area contributed by atoms with Gasteiger partial charge < -0.3 is 53.4 Å². The number of nitrogens with two attached hydrogens (primary N) is 1. The second-order valence-corrected chi connectivity index (χ2v) is 24.4. The van der Waals surface area contributed by atoms with E-state index in [1.807, 2.05) is 13.8 Å². The summed E-state index contributed by atoms with van der Waals surface area (Å²) >= 11 is 0. The molecule has 0 radical (unpaired) electrons. The van der Waals surface area contributed by atoms with Crippen LogP contribution in [0.15, 0.2) is 73.3 Å². The fourth-order valence-electron chi connectivity index (χ4n) is 8.55. The highest BCUT2D eigenvalue weighted by Crippen LogP contribution is 2.54. The largest absolute Gasteiger partial charge is 0.476 e. The lowest BCUT2D eigenvalue weighted by molar-refractivity contribution is -0.203. The minimum Gasteiger partial charge on any atom is -0.476 e. The van der Waals surface area contributed by atoms with E-state index in [9.17, 15) is 28.9 Å². The molecule has 472 valence electrons. The van der Waals surface area contributed by atoms with Crippen molar-refractivity contribution in [3.8, 4) is 23.3 Å². The summed E-state index contributed by atoms with van der Waals surface area (Å²) in [5.74, 6) is -7.69. The summed E-state index contributed by atoms with van der Waals surface area (Å²) in [4.78, 5) is 49.8. The normalized spacial score (nSPS) is 26.3. The van der Waals surface area contributed by atoms with Gasteiger partial charge >= 0.3 is 27.4 Å². The van der Waals surface area contributed by atoms with Crippen LogP contribution in [-0.2, 0) is 46.7 Å². The molecule has 0 bridgehead atoms. The minimum atomic E-state index is -4.58. The Labute approximate surface area is 492 Å². The lowest BCUT2D eigenvalue weighted by atomic mass is 9.97. The molecule has 86 heavy (non-hydrogen) atoms. The van der Waals surface area contributed by atoms with Gasteiger partial charge in [-0.25, -0.2) is 41.6 Å². The number of benzene rings is 2. The third-order valence-electron chi connectivity index (χ3n) is 13.2. The van der Waals surface area contributed by atoms with Crippen LogP contribution in [0, 0.1) is 12.8 Å². The number of aliphatic hydroxyl groups excluding tert-OH is 2. The van der Waals surface area contributed by atoms with E-state index in [0.717, 1.165) is 29.3 Å². The molecule has 0 spiro atoms. The van der Waals surface area contributed by atoms with Crippen LogP contribution in [-0.4, -0.2) is 147 Å². The highest BCUT2D eigenvalue weighted by atomic mass is 31.2. The van der Waals surface area contributed by atoms with Crippen LogP contribution >= 0.6 is 15.5 Å². The molecular formula is C53H71F4N11O16P2. The number of hydrogen-bond donors (Lipinski definition) is 5. The number of carbonyl (C=O) groups excluding carboxylic acids is 2. The first-order valence-electron chi connectivity index (χ1n) is 27.2. The first kappa shape index (κ1) is 66.9. The zero-order valence-electron chi connectivity index (χ0n) is 49.1. The number of halogens is 4. The van der Waals surface area contributed by atoms with E-state index >= 15 is 17.6 Å². The van der Waals surface area contributed by atoms with E-state index in [1.54, 1.807) is 77.9 Å². The summed E-state index contributed by atoms with van der Waals surface area (Å²) < 4.78 is 148. The number of esters is 2. The Morgan fingerprint density at radius 2 is 1.07 bits per heavy atom. The number of fused-ring (bicyclic) bond motifs is 2. The van der Waals surface area contributed by atoms with Gasteiger partial charge in [-0.15, -0.1) is 0 Å². The molecule has 2 fully saturated rings. The van der Waals surface area contributed by atoms with E-state index in [-0.39, 0.29) is 76.5 Å². The van der Waals surface area contributed by atoms with Crippen molar-refractivity contribution in [2.45, 2.75) is 155 Å². The lowest BCUT2D eigenvalue weighted by Crippen LogP contribution is -2.47. The van der Waals surface area contributed by atoms with E-state index in [2.05, 4.69) is 40.1 Å². The Morgan fingerprint density at radius 3 is 1.48 bits per heavy atom. The van der Waals surface area contributed by atoms with Crippen molar-refractivity contribution in [2.75, 3.05) is 32.2 Å². The van der Waals surface area contributed by atoms with Crippen molar-refractivity contribution in [3.63, 3.8) is 0 Å². The van der Waals surface area contributed by atoms with E-state index in [0.29, 0.717) is 0 Å². The maximum atomic E-state index is 16.3. The SMILES string of the molecule is CCOc1nc(C)nc2c1ncn2[C@@H]1O[C@](F)(COP(=O)(NC(C)C(=O)OC(C)C(C)C)Oc2ccccc2)[C@@H](O)[C@@]1(C)F.CCOc1nc(N)nc2c1ncn2[C@@H]1O[C@](F)(COP(=O)(NC(C)C(=O)OC(C)C)Oc2ccccc2)[C@@H](O)[C@@]1(C)F. The number of ether oxygens (including phenoxy) is 6. The molecule has 6 heterocycles. The first-order valence-corrected chi connectivity index (χ1v) is 30.3. The molecule has 6 N–H and O–H groups in total. The Kier molecular flexibility index (Phi) is 20.8. The standard InChI is InChI=1S/C28H38F2N5O8P.C25H33F2N6O8P/c1-8-39-23-21-22(32-19(6)33-23)35(15-31-21)26-27(7,29)25(37)28(30,42-26)14-40-44(38,43-20-12-10-9-11-13-20)34-17(4)24(36)41-18(5)16(2)3;1-6-37-19-17-18(30-23(28)31-19)33(13-29-17)22-24(5,26)21(35)25(27,40-22)12-38-42(36,41-16-10-8-7-9-11-16)32-15(4)20(34)39-14(2)3/h9-13,15-18,25-26,37H,8,14H2,1-7H3,(H,34,38);7-11,13-15,21-22,35H,6,12H2,1-5H3,(H,32,36)(H2,28,30,31)/t17?,18?,25-,26+,27+,28+,44?;15?,21-,22+,24+,25+,42?/m00/s1. The van der Waals surface area contributed by atoms with Crippen LogP contribution in [0.25, 0.3) is 22.3 Å². The Hall–Kier alpha value is -6.66. The van der Waals surface area contributed by atoms with Gasteiger partial charge in [0.15, 0.2) is 58.3 Å². The molecule has 5 unspecified atom stereocenters. The van der Waals surface area contributed by atoms with Crippen LogP contribution < -0.4 is 34.4 Å². The number of hydrogen-bond acceptors (Lipinski definition) is 23. The quantitative estimate of drug-likeness (QED) is 0.0207. The number of aromatic nitrogens is 8. The molecule has 2 aliphatic rings. The van der Waals surface area contributed by atoms with Gasteiger partial charge in [-0.1, -0.05) is 50.2 Å². The number of nitrogens with one attached hydrogen (secondary N) is 2. The highest BCUT2D eigenvalue weighted by molar-refractivity contribution is 7.52. The molecule has 4 aromatic heterocycles. The van der Waals surface area contributed by atoms with Gasteiger partial charge in [0.1, 0.15) is 48.7 Å². The second kappa shape index (κ2) is 26.8. The number of nitrogens with zero attached hydrogens (tertiary/aromatic N) is 8. The topological polar surface area (TPSA) is 338 Å². The van der Waals surface area contributed by atoms with Gasteiger partial charge in [-0.3, -0.25) is 27.8 Å². The highest BCUT2D eigenvalue weighted by Gasteiger charge is 2.67. The number of para-hydroxylation sites is 2. The maximum absolute atomic E-state index is 16.3. The number of anilines is 1. The fraction of sp³-hybridized carbons (Fsp3) is 0.547. The van der Waals surface area contributed by atoms with Crippen LogP contribution in [0.2, 0.25) is 0 Å². The van der Waals surface area contributed by atoms with Crippen molar-refractivity contribution in [3.05, 3.63) is 79.1 Å². The zero-order valence-corrected chi connectivity index (χ0v) is 50.9. The molecular weight excluding hydrogens is 1180 g/mol. The summed E-state index contributed by atoms with van der Waals surface area (Å²) in [5.41, 5.74) is 0.536. The predicted octanol–water partition coefficient (Wildman–Crippen LogP) is 7.81. The molecule has 0 amide bonds. The average Bonchev–Trinajstić information content (AvgIpc) is 1.63. The third kappa shape index (κ3) is 15.0. The van der Waals surface area contributed by atoms with Crippen molar-refractivity contribution in [1.29, 1.82) is 0 Å². The van der Waals surface area contributed by atoms with Gasteiger partial charge in [-0.2, -0.15) is 25.1 Å². The van der Waals surface area contributed by atoms with Gasteiger partial charge in [0.05, 0.1) is 32.0 Å². The predicted molar refractivity (Wildman–Crippen MR) is 299 cm³/mol. The summed E-state index contributed by atoms with van der Waals surface area (Å²) in [6.45, 7) is 16.2. The van der Waals surface area contributed by atoms with Crippen LogP contribution in [0.4, 0.5) is 23.5 Å². The van der Waals surface area contributed by atoms with Crippen molar-refractivity contribution in [1.82, 2.24) is 49.2 Å². The molecule has 33 heteroatoms. The molecule has 0 saturated carbocycles. The Balaban J connectivity index is 0.000000246. The third-order valence-corrected chi connectivity index (χ3v) is 16.5. The van der Waals surface area contributed by atoms with E-state index in [1.165, 1.54) is 44.4 Å². The molecule has 8 rings (SSSR count). The number of carbonyl (C=O) groups is 2. The summed E-state index contributed by atoms with van der Waals surface area (Å²) in [5, 5.41) is 26.5. The van der Waals surface area contributed by atoms with Gasteiger partial charge in [0, 0.05) is 0 Å². The molecule has 2 aromatic carbocycles. The van der Waals surface area contributed by atoms with E-state index in [4.69, 9.17) is 52.2 Å². The van der Waals surface area contributed by atoms with Crippen molar-refractivity contribution >= 4 is 55.7 Å². The first-order chi connectivity index (χ1) is 40.3. The Morgan fingerprint density at radius 1 is 0.663 bits per heavy atom. The molecule has 2 saturated heterocycles. The summed E-state index contributed by atoms with van der Waals surface area (Å²) in [6.07, 6.45) is -7.15. The average molecular weight is 1260 g/mol. The van der Waals surface area contributed by atoms with E-state index < -0.39 is 113 Å². The molecule has 6 aromatic rings. The molecule has 13 atom stereocenters. The Bertz CT molecular complexity index is 3410. The monoisotopic (exact) mass is 1260 g/mol. The number of imidazole rings is 2. The summed E-state index contributed by atoms with van der Waals surface area (Å²) in [6, 6.07) is 13.1. The van der Waals surface area contributed by atoms with Gasteiger partial charge in [-0.05, 0) is 99.4 Å². The number of alkyl halides is 4. The number of aryl methyl sites for hydroxylation is 1. The number of aliphatic hydroxyl groups is 2. The molecule has 27 nitrogen and oxygen atoms in total. The smallest absolute Gasteiger partial charge is 0.459 e. The number of rotatable bonds is 25. The van der Waals surface area contributed by atoms with Crippen LogP contribution in [0.3, 0.4) is 0 Å². The zero-order chi connectivity index (χ0) is 63.3. The second-order valence-electron chi connectivity index (χ2n) is 21.0. The van der Waals surface area contributed by atoms with Gasteiger partial charge in [0.2, 0.25) is 17.7 Å². The molecule has 0 aliphatic carbocycles. The number of nitrogen functional groups attached to an aromatic ring is 1. The maximum Gasteiger partial charge on any atom is 0.459 e. The van der Waals surface area contributed by atoms with Crippen LogP contribution in [0.1, 0.15) is 94.4 Å². The minimum absolute atomic E-state index is 0.0129. The summed E-state index contributed by atoms with van der Waals surface area (Å²) in [7, 11) is -9.16.